The Morgan fingerprint density at radius 2 is 1.64 bits per heavy atom. The average molecular weight is 481 g/mol. The number of rotatable bonds is 7. The van der Waals surface area contributed by atoms with Gasteiger partial charge in [-0.2, -0.15) is 9.78 Å². The first-order valence-corrected chi connectivity index (χ1v) is 11.3. The van der Waals surface area contributed by atoms with E-state index in [4.69, 9.17) is 9.47 Å². The molecule has 5 rings (SSSR count). The Morgan fingerprint density at radius 1 is 0.917 bits per heavy atom. The van der Waals surface area contributed by atoms with Crippen molar-refractivity contribution in [3.8, 4) is 28.4 Å². The summed E-state index contributed by atoms with van der Waals surface area (Å²) in [5, 5.41) is 7.44. The topological polar surface area (TPSA) is 87.4 Å². The number of aromatic nitrogens is 3. The molecule has 0 saturated heterocycles. The molecule has 0 radical (unpaired) electrons. The summed E-state index contributed by atoms with van der Waals surface area (Å²) in [5.74, 6) is 0.639. The summed E-state index contributed by atoms with van der Waals surface area (Å²) >= 11 is 0. The number of fused-ring (bicyclic) bond motifs is 1. The van der Waals surface area contributed by atoms with E-state index in [0.717, 1.165) is 5.56 Å². The molecule has 0 unspecified atom stereocenters. The standard InChI is InChI=1S/C28H24N4O4/c1-35-21-13-14-24(25(15-21)36-2)29-27(33)22-17-31(16-19-9-5-3-6-10-19)18-23-26(22)30-32(28(23)34)20-11-7-4-8-12-20/h3-15,17-18H,16H2,1-2H3,(H,29,33). The molecule has 3 aromatic rings. The monoisotopic (exact) mass is 480 g/mol. The second-order valence-electron chi connectivity index (χ2n) is 8.16. The van der Waals surface area contributed by atoms with E-state index in [9.17, 15) is 9.59 Å². The number of amides is 1. The van der Waals surface area contributed by atoms with Crippen LogP contribution in [0.4, 0.5) is 5.69 Å². The molecule has 8 nitrogen and oxygen atoms in total. The molecule has 0 aromatic heterocycles. The number of carbonyl (C=O) groups is 1. The minimum Gasteiger partial charge on any atom is -0.497 e. The fraction of sp³-hybridized carbons (Fsp3) is 0.107. The highest BCUT2D eigenvalue weighted by atomic mass is 16.5. The van der Waals surface area contributed by atoms with Crippen molar-refractivity contribution in [3.05, 3.63) is 113 Å². The predicted molar refractivity (Wildman–Crippen MR) is 137 cm³/mol. The summed E-state index contributed by atoms with van der Waals surface area (Å²) in [6, 6.07) is 24.1. The minimum atomic E-state index is -0.413. The van der Waals surface area contributed by atoms with E-state index in [1.807, 2.05) is 53.1 Å². The number of carbonyl (C=O) groups excluding carboxylic acids is 1. The fourth-order valence-corrected chi connectivity index (χ4v) is 4.05. The summed E-state index contributed by atoms with van der Waals surface area (Å²) in [4.78, 5) is 26.9. The third-order valence-electron chi connectivity index (χ3n) is 5.83. The van der Waals surface area contributed by atoms with Crippen LogP contribution in [0.15, 0.2) is 96.1 Å². The normalized spacial score (nSPS) is 10.8. The molecule has 8 heteroatoms. The molecule has 0 bridgehead atoms. The molecule has 0 saturated carbocycles. The van der Waals surface area contributed by atoms with Gasteiger partial charge in [-0.25, -0.2) is 0 Å². The Morgan fingerprint density at radius 3 is 2.33 bits per heavy atom. The zero-order valence-electron chi connectivity index (χ0n) is 19.8. The van der Waals surface area contributed by atoms with Crippen LogP contribution in [0.2, 0.25) is 0 Å². The lowest BCUT2D eigenvalue weighted by Crippen LogP contribution is -2.18. The maximum Gasteiger partial charge on any atom is 0.282 e. The van der Waals surface area contributed by atoms with Crippen molar-refractivity contribution in [3.63, 3.8) is 0 Å². The third kappa shape index (κ3) is 4.44. The molecule has 180 valence electrons. The summed E-state index contributed by atoms with van der Waals surface area (Å²) < 4.78 is 13.8. The number of hydrogen-bond acceptors (Lipinski definition) is 5. The number of nitrogens with zero attached hydrogens (tertiary/aromatic N) is 3. The van der Waals surface area contributed by atoms with E-state index in [0.29, 0.717) is 40.7 Å². The first-order valence-electron chi connectivity index (χ1n) is 11.3. The highest BCUT2D eigenvalue weighted by Crippen LogP contribution is 2.30. The molecule has 3 aromatic carbocycles. The first kappa shape index (κ1) is 22.9. The van der Waals surface area contributed by atoms with Crippen molar-refractivity contribution in [1.29, 1.82) is 0 Å². The smallest absolute Gasteiger partial charge is 0.282 e. The summed E-state index contributed by atoms with van der Waals surface area (Å²) in [5.41, 5.74) is 2.77. The zero-order chi connectivity index (χ0) is 25.1. The molecule has 0 fully saturated rings. The number of para-hydroxylation sites is 1. The van der Waals surface area contributed by atoms with Gasteiger partial charge in [-0.1, -0.05) is 48.5 Å². The third-order valence-corrected chi connectivity index (χ3v) is 5.83. The maximum absolute atomic E-state index is 13.5. The zero-order valence-corrected chi connectivity index (χ0v) is 19.8. The van der Waals surface area contributed by atoms with Gasteiger partial charge >= 0.3 is 0 Å². The maximum atomic E-state index is 13.5. The van der Waals surface area contributed by atoms with Gasteiger partial charge in [0.15, 0.2) is 0 Å². The van der Waals surface area contributed by atoms with Crippen LogP contribution >= 0.6 is 0 Å². The number of benzene rings is 3. The fourth-order valence-electron chi connectivity index (χ4n) is 4.05. The van der Waals surface area contributed by atoms with Crippen LogP contribution in [0.1, 0.15) is 15.9 Å². The lowest BCUT2D eigenvalue weighted by molar-refractivity contribution is 0.102. The lowest BCUT2D eigenvalue weighted by atomic mass is 10.1. The number of pyridine rings is 1. The molecule has 36 heavy (non-hydrogen) atoms. The Balaban J connectivity index is 1.61. The highest BCUT2D eigenvalue weighted by molar-refractivity contribution is 6.08. The van der Waals surface area contributed by atoms with Gasteiger partial charge in [-0.15, -0.1) is 0 Å². The Kier molecular flexibility index (Phi) is 6.23. The SMILES string of the molecule is COc1ccc(NC(=O)c2cn(Cc3ccccc3)cc3c(=O)n(-c4ccccc4)nc2-3)c(OC)c1. The van der Waals surface area contributed by atoms with Gasteiger partial charge < -0.3 is 19.4 Å². The van der Waals surface area contributed by atoms with E-state index in [-0.39, 0.29) is 11.1 Å². The van der Waals surface area contributed by atoms with Crippen LogP contribution in [-0.4, -0.2) is 34.5 Å². The Hall–Kier alpha value is -4.85. The van der Waals surface area contributed by atoms with Crippen LogP contribution in [0.25, 0.3) is 16.9 Å². The molecule has 2 aliphatic heterocycles. The van der Waals surface area contributed by atoms with Crippen molar-refractivity contribution in [2.24, 2.45) is 0 Å². The molecule has 2 aliphatic rings. The van der Waals surface area contributed by atoms with Gasteiger partial charge in [-0.3, -0.25) is 9.59 Å². The molecule has 1 N–H and O–H groups in total. The van der Waals surface area contributed by atoms with Crippen molar-refractivity contribution < 1.29 is 14.3 Å². The van der Waals surface area contributed by atoms with Crippen molar-refractivity contribution in [2.45, 2.75) is 6.54 Å². The van der Waals surface area contributed by atoms with Crippen LogP contribution in [0.5, 0.6) is 11.5 Å². The first-order chi connectivity index (χ1) is 17.6. The molecule has 1 amide bonds. The molecule has 2 heterocycles. The highest BCUT2D eigenvalue weighted by Gasteiger charge is 2.25. The summed E-state index contributed by atoms with van der Waals surface area (Å²) in [6.07, 6.45) is 3.45. The number of anilines is 1. The van der Waals surface area contributed by atoms with Gasteiger partial charge in [0.1, 0.15) is 17.2 Å². The molecular weight excluding hydrogens is 456 g/mol. The second-order valence-corrected chi connectivity index (χ2v) is 8.16. The largest absolute Gasteiger partial charge is 0.497 e. The number of ether oxygens (including phenoxy) is 2. The molecule has 0 aliphatic carbocycles. The summed E-state index contributed by atoms with van der Waals surface area (Å²) in [6.45, 7) is 0.485. The number of hydrogen-bond donors (Lipinski definition) is 1. The van der Waals surface area contributed by atoms with Crippen LogP contribution in [-0.2, 0) is 6.54 Å². The van der Waals surface area contributed by atoms with E-state index < -0.39 is 5.91 Å². The van der Waals surface area contributed by atoms with Gasteiger partial charge in [0.25, 0.3) is 11.5 Å². The van der Waals surface area contributed by atoms with Crippen molar-refractivity contribution in [2.75, 3.05) is 19.5 Å². The average Bonchev–Trinajstić information content (AvgIpc) is 3.25. The Labute approximate surface area is 207 Å². The minimum absolute atomic E-state index is 0.271. The predicted octanol–water partition coefficient (Wildman–Crippen LogP) is 4.46. The summed E-state index contributed by atoms with van der Waals surface area (Å²) in [7, 11) is 3.08. The molecular formula is C28H24N4O4. The van der Waals surface area contributed by atoms with Crippen molar-refractivity contribution >= 4 is 11.6 Å². The lowest BCUT2D eigenvalue weighted by Gasteiger charge is -2.15. The van der Waals surface area contributed by atoms with Gasteiger partial charge in [-0.05, 0) is 29.8 Å². The number of nitrogens with one attached hydrogen (secondary N) is 1. The van der Waals surface area contributed by atoms with E-state index in [2.05, 4.69) is 10.4 Å². The van der Waals surface area contributed by atoms with Gasteiger partial charge in [0, 0.05) is 25.0 Å². The molecule has 0 atom stereocenters. The second kappa shape index (κ2) is 9.79. The molecule has 0 spiro atoms. The number of methoxy groups -OCH3 is 2. The van der Waals surface area contributed by atoms with Crippen molar-refractivity contribution in [1.82, 2.24) is 14.3 Å². The van der Waals surface area contributed by atoms with Gasteiger partial charge in [0.2, 0.25) is 0 Å². The van der Waals surface area contributed by atoms with Crippen LogP contribution < -0.4 is 20.3 Å². The quantitative estimate of drug-likeness (QED) is 0.372. The van der Waals surface area contributed by atoms with E-state index in [1.165, 1.54) is 11.8 Å². The van der Waals surface area contributed by atoms with E-state index in [1.54, 1.807) is 49.8 Å². The van der Waals surface area contributed by atoms with Crippen LogP contribution in [0.3, 0.4) is 0 Å². The van der Waals surface area contributed by atoms with Gasteiger partial charge in [0.05, 0.1) is 36.7 Å². The van der Waals surface area contributed by atoms with Crippen LogP contribution in [0, 0.1) is 0 Å². The van der Waals surface area contributed by atoms with E-state index >= 15 is 0 Å². The Bertz CT molecular complexity index is 1540.